The zero-order valence-corrected chi connectivity index (χ0v) is 16.8. The molecule has 2 aromatic rings. The van der Waals surface area contributed by atoms with Gasteiger partial charge in [0.1, 0.15) is 0 Å². The predicted octanol–water partition coefficient (Wildman–Crippen LogP) is 4.22. The monoisotopic (exact) mass is 401 g/mol. The Hall–Kier alpha value is -3.03. The van der Waals surface area contributed by atoms with Gasteiger partial charge in [-0.25, -0.2) is 14.6 Å². The normalized spacial score (nSPS) is 14.7. The first kappa shape index (κ1) is 20.7. The molecule has 0 aliphatic carbocycles. The van der Waals surface area contributed by atoms with Crippen molar-refractivity contribution in [2.24, 2.45) is 5.92 Å². The van der Waals surface area contributed by atoms with Gasteiger partial charge >= 0.3 is 12.2 Å². The highest BCUT2D eigenvalue weighted by Gasteiger charge is 2.24. The summed E-state index contributed by atoms with van der Waals surface area (Å²) in [6, 6.07) is 7.73. The Morgan fingerprint density at radius 1 is 1.24 bits per heavy atom. The summed E-state index contributed by atoms with van der Waals surface area (Å²) in [5.74, 6) is 1.02. The molecule has 1 saturated heterocycles. The summed E-state index contributed by atoms with van der Waals surface area (Å²) in [6.45, 7) is 5.21. The summed E-state index contributed by atoms with van der Waals surface area (Å²) in [6.07, 6.45) is 4.80. The summed E-state index contributed by atoms with van der Waals surface area (Å²) in [7, 11) is 0. The smallest absolute Gasteiger partial charge is 0.412 e. The van der Waals surface area contributed by atoms with Gasteiger partial charge in [-0.15, -0.1) is 0 Å². The van der Waals surface area contributed by atoms with E-state index in [1.54, 1.807) is 4.90 Å². The third kappa shape index (κ3) is 6.51. The number of rotatable bonds is 6. The number of likely N-dealkylation sites (tertiary alicyclic amines) is 1. The van der Waals surface area contributed by atoms with Crippen molar-refractivity contribution in [1.29, 1.82) is 0 Å². The number of anilines is 1. The Kier molecular flexibility index (Phi) is 7.10. The minimum Gasteiger partial charge on any atom is -0.447 e. The van der Waals surface area contributed by atoms with Crippen LogP contribution >= 0.6 is 0 Å². The lowest BCUT2D eigenvalue weighted by Crippen LogP contribution is -2.40. The number of hydrogen-bond donors (Lipinski definition) is 1. The highest BCUT2D eigenvalue weighted by atomic mass is 16.6. The van der Waals surface area contributed by atoms with Crippen LogP contribution in [0.4, 0.5) is 15.3 Å². The van der Waals surface area contributed by atoms with Gasteiger partial charge in [0.15, 0.2) is 18.8 Å². The fraction of sp³-hybridized carbons (Fsp3) is 0.476. The molecule has 2 heterocycles. The average molecular weight is 401 g/mol. The van der Waals surface area contributed by atoms with Crippen LogP contribution in [-0.4, -0.2) is 41.3 Å². The van der Waals surface area contributed by atoms with Crippen molar-refractivity contribution in [1.82, 2.24) is 9.88 Å². The van der Waals surface area contributed by atoms with Crippen molar-refractivity contribution in [2.45, 2.75) is 45.8 Å². The molecule has 1 fully saturated rings. The van der Waals surface area contributed by atoms with Crippen molar-refractivity contribution < 1.29 is 23.5 Å². The second kappa shape index (κ2) is 9.95. The molecule has 1 N–H and O–H groups in total. The number of nitrogens with one attached hydrogen (secondary N) is 1. The van der Waals surface area contributed by atoms with Crippen molar-refractivity contribution >= 4 is 17.9 Å². The third-order valence-corrected chi connectivity index (χ3v) is 4.76. The van der Waals surface area contributed by atoms with Gasteiger partial charge in [0, 0.05) is 18.8 Å². The number of hydrogen-bond acceptors (Lipinski definition) is 6. The molecule has 0 bridgehead atoms. The van der Waals surface area contributed by atoms with E-state index in [2.05, 4.69) is 10.3 Å². The van der Waals surface area contributed by atoms with Crippen LogP contribution in [0, 0.1) is 5.92 Å². The molecule has 156 valence electrons. The number of oxazole rings is 1. The summed E-state index contributed by atoms with van der Waals surface area (Å²) < 4.78 is 15.3. The molecule has 8 heteroatoms. The van der Waals surface area contributed by atoms with Gasteiger partial charge in [0.25, 0.3) is 0 Å². The SMILES string of the molecule is CC(C)OC(=O)N1CCC(Cc2ccc(NC(=O)OCc3cnco3)cc2)CC1. The number of aromatic nitrogens is 1. The van der Waals surface area contributed by atoms with Crippen molar-refractivity contribution in [3.05, 3.63) is 48.2 Å². The summed E-state index contributed by atoms with van der Waals surface area (Å²) >= 11 is 0. The number of amides is 2. The minimum atomic E-state index is -0.546. The van der Waals surface area contributed by atoms with Crippen molar-refractivity contribution in [3.8, 4) is 0 Å². The van der Waals surface area contributed by atoms with Crippen LogP contribution in [0.3, 0.4) is 0 Å². The molecule has 0 radical (unpaired) electrons. The molecule has 29 heavy (non-hydrogen) atoms. The van der Waals surface area contributed by atoms with E-state index < -0.39 is 6.09 Å². The van der Waals surface area contributed by atoms with E-state index in [0.29, 0.717) is 17.4 Å². The maximum Gasteiger partial charge on any atom is 0.412 e. The predicted molar refractivity (Wildman–Crippen MR) is 106 cm³/mol. The Morgan fingerprint density at radius 3 is 2.59 bits per heavy atom. The molecule has 1 aromatic heterocycles. The van der Waals surface area contributed by atoms with Crippen molar-refractivity contribution in [2.75, 3.05) is 18.4 Å². The van der Waals surface area contributed by atoms with Crippen LogP contribution in [0.5, 0.6) is 0 Å². The first-order valence-corrected chi connectivity index (χ1v) is 9.85. The molecule has 1 aliphatic rings. The lowest BCUT2D eigenvalue weighted by molar-refractivity contribution is 0.0654. The maximum atomic E-state index is 12.0. The van der Waals surface area contributed by atoms with Crippen LogP contribution in [0.2, 0.25) is 0 Å². The van der Waals surface area contributed by atoms with E-state index in [1.165, 1.54) is 18.2 Å². The minimum absolute atomic E-state index is 0.0350. The van der Waals surface area contributed by atoms with Gasteiger partial charge in [0.2, 0.25) is 0 Å². The fourth-order valence-electron chi connectivity index (χ4n) is 3.26. The van der Waals surface area contributed by atoms with E-state index >= 15 is 0 Å². The first-order valence-electron chi connectivity index (χ1n) is 9.85. The zero-order valence-electron chi connectivity index (χ0n) is 16.8. The van der Waals surface area contributed by atoms with Gasteiger partial charge in [0.05, 0.1) is 12.3 Å². The molecule has 0 saturated carbocycles. The highest BCUT2D eigenvalue weighted by Crippen LogP contribution is 2.23. The molecule has 1 aliphatic heterocycles. The molecule has 8 nitrogen and oxygen atoms in total. The summed E-state index contributed by atoms with van der Waals surface area (Å²) in [4.78, 5) is 29.3. The van der Waals surface area contributed by atoms with Gasteiger partial charge < -0.3 is 18.8 Å². The number of ether oxygens (including phenoxy) is 2. The van der Waals surface area contributed by atoms with Crippen LogP contribution in [-0.2, 0) is 22.5 Å². The molecule has 0 spiro atoms. The van der Waals surface area contributed by atoms with Crippen LogP contribution in [0.25, 0.3) is 0 Å². The van der Waals surface area contributed by atoms with E-state index in [4.69, 9.17) is 13.9 Å². The van der Waals surface area contributed by atoms with E-state index in [9.17, 15) is 9.59 Å². The second-order valence-electron chi connectivity index (χ2n) is 7.43. The quantitative estimate of drug-likeness (QED) is 0.779. The lowest BCUT2D eigenvalue weighted by atomic mass is 9.90. The average Bonchev–Trinajstić information content (AvgIpc) is 3.22. The zero-order chi connectivity index (χ0) is 20.6. The Bertz CT molecular complexity index is 781. The number of nitrogens with zero attached hydrogens (tertiary/aromatic N) is 2. The molecular formula is C21H27N3O5. The Morgan fingerprint density at radius 2 is 1.97 bits per heavy atom. The molecule has 0 unspecified atom stereocenters. The second-order valence-corrected chi connectivity index (χ2v) is 7.43. The molecule has 2 amide bonds. The number of carbonyl (C=O) groups excluding carboxylic acids is 2. The topological polar surface area (TPSA) is 93.9 Å². The van der Waals surface area contributed by atoms with Crippen LogP contribution in [0.15, 0.2) is 41.3 Å². The van der Waals surface area contributed by atoms with Crippen LogP contribution in [0.1, 0.15) is 38.0 Å². The van der Waals surface area contributed by atoms with E-state index in [-0.39, 0.29) is 18.8 Å². The van der Waals surface area contributed by atoms with Gasteiger partial charge in [-0.2, -0.15) is 0 Å². The summed E-state index contributed by atoms with van der Waals surface area (Å²) in [5.41, 5.74) is 1.87. The largest absolute Gasteiger partial charge is 0.447 e. The highest BCUT2D eigenvalue weighted by molar-refractivity contribution is 5.84. The first-order chi connectivity index (χ1) is 14.0. The van der Waals surface area contributed by atoms with Gasteiger partial charge in [-0.3, -0.25) is 5.32 Å². The van der Waals surface area contributed by atoms with E-state index in [1.807, 2.05) is 38.1 Å². The molecule has 1 aromatic carbocycles. The van der Waals surface area contributed by atoms with Gasteiger partial charge in [-0.1, -0.05) is 12.1 Å². The maximum absolute atomic E-state index is 12.0. The summed E-state index contributed by atoms with van der Waals surface area (Å²) in [5, 5.41) is 2.69. The standard InChI is InChI=1S/C21H27N3O5/c1-15(2)29-21(26)24-9-7-17(8-10-24)11-16-3-5-18(6-4-16)23-20(25)27-13-19-12-22-14-28-19/h3-6,12,14-15,17H,7-11,13H2,1-2H3,(H,23,25). The number of piperidine rings is 1. The van der Waals surface area contributed by atoms with Gasteiger partial charge in [-0.05, 0) is 56.7 Å². The van der Waals surface area contributed by atoms with E-state index in [0.717, 1.165) is 32.4 Å². The Labute approximate surface area is 170 Å². The molecular weight excluding hydrogens is 374 g/mol. The number of carbonyl (C=O) groups is 2. The fourth-order valence-corrected chi connectivity index (χ4v) is 3.26. The molecule has 3 rings (SSSR count). The Balaban J connectivity index is 1.40. The molecule has 0 atom stereocenters. The third-order valence-electron chi connectivity index (χ3n) is 4.76. The lowest BCUT2D eigenvalue weighted by Gasteiger charge is -2.31. The van der Waals surface area contributed by atoms with Crippen LogP contribution < -0.4 is 5.32 Å². The number of benzene rings is 1. The van der Waals surface area contributed by atoms with Crippen molar-refractivity contribution in [3.63, 3.8) is 0 Å².